The molecule has 2 aliphatic heterocycles. The first-order valence-corrected chi connectivity index (χ1v) is 6.29. The first-order chi connectivity index (χ1) is 8.00. The summed E-state index contributed by atoms with van der Waals surface area (Å²) in [4.78, 5) is 26.6. The zero-order valence-corrected chi connectivity index (χ0v) is 10.4. The lowest BCUT2D eigenvalue weighted by molar-refractivity contribution is -0.141. The number of amides is 2. The SMILES string of the molecule is CC1CN(C(=O)N2CCC[C@H]2C(=O)O)CC1C. The van der Waals surface area contributed by atoms with Gasteiger partial charge in [-0.1, -0.05) is 13.8 Å². The third kappa shape index (κ3) is 2.23. The van der Waals surface area contributed by atoms with Crippen molar-refractivity contribution in [2.45, 2.75) is 32.7 Å². The number of urea groups is 1. The van der Waals surface area contributed by atoms with Crippen LogP contribution in [-0.4, -0.2) is 52.6 Å². The zero-order chi connectivity index (χ0) is 12.6. The lowest BCUT2D eigenvalue weighted by Gasteiger charge is -2.27. The Balaban J connectivity index is 2.03. The van der Waals surface area contributed by atoms with Crippen LogP contribution in [0.5, 0.6) is 0 Å². The Morgan fingerprint density at radius 2 is 1.76 bits per heavy atom. The van der Waals surface area contributed by atoms with Crippen LogP contribution in [0.3, 0.4) is 0 Å². The number of hydrogen-bond donors (Lipinski definition) is 1. The van der Waals surface area contributed by atoms with Crippen LogP contribution in [0.2, 0.25) is 0 Å². The topological polar surface area (TPSA) is 60.9 Å². The third-order valence-corrected chi connectivity index (χ3v) is 4.04. The summed E-state index contributed by atoms with van der Waals surface area (Å²) in [6, 6.07) is -0.709. The molecule has 3 atom stereocenters. The van der Waals surface area contributed by atoms with Gasteiger partial charge in [-0.2, -0.15) is 0 Å². The Hall–Kier alpha value is -1.26. The number of rotatable bonds is 1. The molecule has 2 aliphatic rings. The van der Waals surface area contributed by atoms with Gasteiger partial charge >= 0.3 is 12.0 Å². The molecule has 96 valence electrons. The number of carboxylic acid groups (broad SMARTS) is 1. The minimum atomic E-state index is -0.879. The van der Waals surface area contributed by atoms with Crippen LogP contribution < -0.4 is 0 Å². The molecular weight excluding hydrogens is 220 g/mol. The van der Waals surface area contributed by atoms with Crippen LogP contribution in [0, 0.1) is 11.8 Å². The summed E-state index contributed by atoms with van der Waals surface area (Å²) >= 11 is 0. The van der Waals surface area contributed by atoms with E-state index in [0.717, 1.165) is 19.5 Å². The lowest BCUT2D eigenvalue weighted by atomic mass is 10.0. The van der Waals surface area contributed by atoms with Gasteiger partial charge in [-0.05, 0) is 24.7 Å². The van der Waals surface area contributed by atoms with Gasteiger partial charge in [0.1, 0.15) is 6.04 Å². The average molecular weight is 240 g/mol. The van der Waals surface area contributed by atoms with Crippen molar-refractivity contribution >= 4 is 12.0 Å². The van der Waals surface area contributed by atoms with E-state index in [-0.39, 0.29) is 6.03 Å². The summed E-state index contributed by atoms with van der Waals surface area (Å²) in [6.07, 6.45) is 1.38. The third-order valence-electron chi connectivity index (χ3n) is 4.04. The van der Waals surface area contributed by atoms with Gasteiger partial charge in [0.25, 0.3) is 0 Å². The Morgan fingerprint density at radius 1 is 1.18 bits per heavy atom. The highest BCUT2D eigenvalue weighted by atomic mass is 16.4. The standard InChI is InChI=1S/C12H20N2O3/c1-8-6-13(7-9(8)2)12(17)14-5-3-4-10(14)11(15)16/h8-10H,3-7H2,1-2H3,(H,15,16)/t8?,9?,10-/m0/s1. The molecule has 2 fully saturated rings. The summed E-state index contributed by atoms with van der Waals surface area (Å²) in [6.45, 7) is 6.36. The van der Waals surface area contributed by atoms with E-state index in [1.54, 1.807) is 4.90 Å². The molecule has 0 saturated carbocycles. The predicted octanol–water partition coefficient (Wildman–Crippen LogP) is 1.24. The Kier molecular flexibility index (Phi) is 3.26. The van der Waals surface area contributed by atoms with Gasteiger partial charge in [0, 0.05) is 19.6 Å². The van der Waals surface area contributed by atoms with Crippen molar-refractivity contribution in [2.24, 2.45) is 11.8 Å². The zero-order valence-electron chi connectivity index (χ0n) is 10.4. The van der Waals surface area contributed by atoms with Crippen molar-refractivity contribution in [3.05, 3.63) is 0 Å². The van der Waals surface area contributed by atoms with E-state index < -0.39 is 12.0 Å². The summed E-state index contributed by atoms with van der Waals surface area (Å²) in [5.74, 6) is 0.130. The van der Waals surface area contributed by atoms with Gasteiger partial charge in [0.05, 0.1) is 0 Å². The molecule has 2 saturated heterocycles. The predicted molar refractivity (Wildman–Crippen MR) is 62.7 cm³/mol. The number of nitrogens with zero attached hydrogens (tertiary/aromatic N) is 2. The van der Waals surface area contributed by atoms with Gasteiger partial charge < -0.3 is 14.9 Å². The summed E-state index contributed by atoms with van der Waals surface area (Å²) in [7, 11) is 0. The van der Waals surface area contributed by atoms with E-state index in [9.17, 15) is 9.59 Å². The number of carbonyl (C=O) groups is 2. The number of aliphatic carboxylic acids is 1. The highest BCUT2D eigenvalue weighted by Crippen LogP contribution is 2.26. The van der Waals surface area contributed by atoms with Crippen LogP contribution >= 0.6 is 0 Å². The van der Waals surface area contributed by atoms with Gasteiger partial charge in [-0.25, -0.2) is 9.59 Å². The maximum absolute atomic E-state index is 12.2. The molecule has 2 amide bonds. The molecule has 0 radical (unpaired) electrons. The van der Waals surface area contributed by atoms with E-state index in [2.05, 4.69) is 13.8 Å². The maximum Gasteiger partial charge on any atom is 0.326 e. The number of carboxylic acids is 1. The Morgan fingerprint density at radius 3 is 2.29 bits per heavy atom. The molecular formula is C12H20N2O3. The van der Waals surface area contributed by atoms with Crippen LogP contribution in [0.1, 0.15) is 26.7 Å². The van der Waals surface area contributed by atoms with Gasteiger partial charge in [-0.15, -0.1) is 0 Å². The van der Waals surface area contributed by atoms with Crippen molar-refractivity contribution in [2.75, 3.05) is 19.6 Å². The van der Waals surface area contributed by atoms with Gasteiger partial charge in [0.2, 0.25) is 0 Å². The average Bonchev–Trinajstić information content (AvgIpc) is 2.85. The molecule has 0 aromatic carbocycles. The van der Waals surface area contributed by atoms with Crippen molar-refractivity contribution in [1.29, 1.82) is 0 Å². The van der Waals surface area contributed by atoms with Crippen LogP contribution in [0.4, 0.5) is 4.79 Å². The second-order valence-electron chi connectivity index (χ2n) is 5.33. The monoisotopic (exact) mass is 240 g/mol. The van der Waals surface area contributed by atoms with Gasteiger partial charge in [-0.3, -0.25) is 0 Å². The van der Waals surface area contributed by atoms with Crippen LogP contribution in [0.15, 0.2) is 0 Å². The van der Waals surface area contributed by atoms with E-state index in [0.29, 0.717) is 24.8 Å². The lowest BCUT2D eigenvalue weighted by Crippen LogP contribution is -2.47. The molecule has 0 aliphatic carbocycles. The molecule has 5 heteroatoms. The summed E-state index contributed by atoms with van der Waals surface area (Å²) in [5, 5.41) is 9.07. The van der Waals surface area contributed by atoms with E-state index >= 15 is 0 Å². The maximum atomic E-state index is 12.2. The van der Waals surface area contributed by atoms with Crippen molar-refractivity contribution < 1.29 is 14.7 Å². The fourth-order valence-corrected chi connectivity index (χ4v) is 2.72. The Labute approximate surface area is 101 Å². The Bertz CT molecular complexity index is 322. The molecule has 5 nitrogen and oxygen atoms in total. The van der Waals surface area contributed by atoms with E-state index in [1.807, 2.05) is 0 Å². The molecule has 2 heterocycles. The molecule has 2 rings (SSSR count). The second kappa shape index (κ2) is 4.55. The van der Waals surface area contributed by atoms with Crippen LogP contribution in [-0.2, 0) is 4.79 Å². The van der Waals surface area contributed by atoms with Crippen molar-refractivity contribution in [1.82, 2.24) is 9.80 Å². The summed E-state index contributed by atoms with van der Waals surface area (Å²) in [5.41, 5.74) is 0. The highest BCUT2D eigenvalue weighted by molar-refractivity contribution is 5.83. The quantitative estimate of drug-likeness (QED) is 0.750. The molecule has 1 N–H and O–H groups in total. The smallest absolute Gasteiger partial charge is 0.326 e. The number of likely N-dealkylation sites (tertiary alicyclic amines) is 2. The first-order valence-electron chi connectivity index (χ1n) is 6.29. The number of hydrogen-bond acceptors (Lipinski definition) is 2. The number of carbonyl (C=O) groups excluding carboxylic acids is 1. The summed E-state index contributed by atoms with van der Waals surface area (Å²) < 4.78 is 0. The van der Waals surface area contributed by atoms with Crippen LogP contribution in [0.25, 0.3) is 0 Å². The molecule has 0 bridgehead atoms. The molecule has 0 aromatic heterocycles. The van der Waals surface area contributed by atoms with E-state index in [4.69, 9.17) is 5.11 Å². The fraction of sp³-hybridized carbons (Fsp3) is 0.833. The molecule has 2 unspecified atom stereocenters. The minimum absolute atomic E-state index is 0.0916. The molecule has 0 spiro atoms. The second-order valence-corrected chi connectivity index (χ2v) is 5.33. The van der Waals surface area contributed by atoms with Crippen molar-refractivity contribution in [3.63, 3.8) is 0 Å². The molecule has 17 heavy (non-hydrogen) atoms. The van der Waals surface area contributed by atoms with E-state index in [1.165, 1.54) is 4.90 Å². The normalized spacial score (nSPS) is 33.2. The largest absolute Gasteiger partial charge is 0.480 e. The molecule has 0 aromatic rings. The van der Waals surface area contributed by atoms with Gasteiger partial charge in [0.15, 0.2) is 0 Å². The fourth-order valence-electron chi connectivity index (χ4n) is 2.72. The minimum Gasteiger partial charge on any atom is -0.480 e. The first kappa shape index (κ1) is 12.2. The van der Waals surface area contributed by atoms with Crippen molar-refractivity contribution in [3.8, 4) is 0 Å². The highest BCUT2D eigenvalue weighted by Gasteiger charge is 2.39.